The molecular weight excluding hydrogens is 496 g/mol. The average molecular weight is 527 g/mol. The molecule has 0 saturated heterocycles. The van der Waals surface area contributed by atoms with E-state index in [1.165, 1.54) is 12.1 Å². The molecule has 8 heteroatoms. The maximum Gasteiger partial charge on any atom is 0.397 e. The SMILES string of the molecule is CCOC(=O)C(=O)Nc1cc(C)c(Oc2ccc(O)c(C(=O)N[C@H](C)c3cccc4ccccc34)c2)c(C)c1. The third kappa shape index (κ3) is 6.18. The van der Waals surface area contributed by atoms with Gasteiger partial charge in [-0.25, -0.2) is 4.79 Å². The van der Waals surface area contributed by atoms with E-state index in [-0.39, 0.29) is 24.0 Å². The zero-order valence-electron chi connectivity index (χ0n) is 22.2. The molecule has 0 unspecified atom stereocenters. The van der Waals surface area contributed by atoms with Gasteiger partial charge in [0, 0.05) is 5.69 Å². The summed E-state index contributed by atoms with van der Waals surface area (Å²) in [5, 5.41) is 18.1. The number of fused-ring (bicyclic) bond motifs is 1. The number of benzene rings is 4. The summed E-state index contributed by atoms with van der Waals surface area (Å²) in [7, 11) is 0. The molecule has 0 aliphatic rings. The number of hydrogen-bond acceptors (Lipinski definition) is 6. The van der Waals surface area contributed by atoms with E-state index in [4.69, 9.17) is 9.47 Å². The second-order valence-corrected chi connectivity index (χ2v) is 9.16. The zero-order chi connectivity index (χ0) is 28.1. The van der Waals surface area contributed by atoms with Crippen molar-refractivity contribution in [3.63, 3.8) is 0 Å². The summed E-state index contributed by atoms with van der Waals surface area (Å²) < 4.78 is 10.8. The van der Waals surface area contributed by atoms with Crippen molar-refractivity contribution in [2.75, 3.05) is 11.9 Å². The number of nitrogens with one attached hydrogen (secondary N) is 2. The zero-order valence-corrected chi connectivity index (χ0v) is 22.2. The van der Waals surface area contributed by atoms with Gasteiger partial charge in [0.05, 0.1) is 18.2 Å². The maximum atomic E-state index is 13.2. The van der Waals surface area contributed by atoms with Crippen molar-refractivity contribution in [3.8, 4) is 17.2 Å². The molecule has 0 spiro atoms. The summed E-state index contributed by atoms with van der Waals surface area (Å²) >= 11 is 0. The average Bonchev–Trinajstić information content (AvgIpc) is 2.91. The van der Waals surface area contributed by atoms with Crippen LogP contribution >= 0.6 is 0 Å². The second-order valence-electron chi connectivity index (χ2n) is 9.16. The number of carbonyl (C=O) groups excluding carboxylic acids is 3. The Bertz CT molecular complexity index is 1530. The van der Waals surface area contributed by atoms with E-state index >= 15 is 0 Å². The van der Waals surface area contributed by atoms with E-state index < -0.39 is 17.8 Å². The first-order valence-corrected chi connectivity index (χ1v) is 12.6. The van der Waals surface area contributed by atoms with Gasteiger partial charge in [-0.1, -0.05) is 42.5 Å². The van der Waals surface area contributed by atoms with Crippen LogP contribution in [0, 0.1) is 13.8 Å². The number of ether oxygens (including phenoxy) is 2. The summed E-state index contributed by atoms with van der Waals surface area (Å²) in [5.74, 6) is -1.57. The Labute approximate surface area is 226 Å². The third-order valence-corrected chi connectivity index (χ3v) is 6.25. The minimum Gasteiger partial charge on any atom is -0.507 e. The van der Waals surface area contributed by atoms with Crippen LogP contribution in [0.5, 0.6) is 17.2 Å². The van der Waals surface area contributed by atoms with Crippen molar-refractivity contribution in [2.45, 2.75) is 33.7 Å². The van der Waals surface area contributed by atoms with Crippen molar-refractivity contribution in [1.29, 1.82) is 0 Å². The Hall–Kier alpha value is -4.85. The van der Waals surface area contributed by atoms with Crippen LogP contribution in [0.1, 0.15) is 46.9 Å². The largest absolute Gasteiger partial charge is 0.507 e. The van der Waals surface area contributed by atoms with Gasteiger partial charge >= 0.3 is 11.9 Å². The predicted molar refractivity (Wildman–Crippen MR) is 149 cm³/mol. The van der Waals surface area contributed by atoms with E-state index in [1.807, 2.05) is 49.4 Å². The number of phenolic OH excluding ortho intramolecular Hbond substituents is 1. The number of rotatable bonds is 7. The lowest BCUT2D eigenvalue weighted by Crippen LogP contribution is -2.26. The number of aryl methyl sites for hydroxylation is 2. The molecule has 0 bridgehead atoms. The lowest BCUT2D eigenvalue weighted by atomic mass is 9.99. The molecule has 0 heterocycles. The minimum absolute atomic E-state index is 0.0770. The van der Waals surface area contributed by atoms with Crippen LogP contribution in [0.15, 0.2) is 72.8 Å². The van der Waals surface area contributed by atoms with Crippen LogP contribution < -0.4 is 15.4 Å². The molecule has 0 fully saturated rings. The molecule has 4 aromatic rings. The summed E-state index contributed by atoms with van der Waals surface area (Å²) in [6.07, 6.45) is 0. The van der Waals surface area contributed by atoms with E-state index in [2.05, 4.69) is 10.6 Å². The van der Waals surface area contributed by atoms with Gasteiger partial charge in [0.1, 0.15) is 17.2 Å². The van der Waals surface area contributed by atoms with Crippen molar-refractivity contribution in [1.82, 2.24) is 5.32 Å². The Morgan fingerprint density at radius 2 is 1.62 bits per heavy atom. The van der Waals surface area contributed by atoms with Gasteiger partial charge in [0.15, 0.2) is 0 Å². The van der Waals surface area contributed by atoms with Crippen molar-refractivity contribution >= 4 is 34.2 Å². The highest BCUT2D eigenvalue weighted by atomic mass is 16.5. The van der Waals surface area contributed by atoms with Gasteiger partial charge in [-0.15, -0.1) is 0 Å². The molecule has 4 aromatic carbocycles. The Kier molecular flexibility index (Phi) is 8.15. The number of phenols is 1. The number of anilines is 1. The van der Waals surface area contributed by atoms with Crippen LogP contribution in [-0.4, -0.2) is 29.5 Å². The molecule has 0 saturated carbocycles. The molecular formula is C31H30N2O6. The summed E-state index contributed by atoms with van der Waals surface area (Å²) in [5.41, 5.74) is 2.85. The first kappa shape index (κ1) is 27.2. The smallest absolute Gasteiger partial charge is 0.397 e. The summed E-state index contributed by atoms with van der Waals surface area (Å²) in [6.45, 7) is 7.21. The molecule has 1 atom stereocenters. The fourth-order valence-corrected chi connectivity index (χ4v) is 4.42. The Morgan fingerprint density at radius 3 is 2.33 bits per heavy atom. The van der Waals surface area contributed by atoms with Crippen LogP contribution in [0.4, 0.5) is 5.69 Å². The van der Waals surface area contributed by atoms with E-state index in [1.54, 1.807) is 39.0 Å². The fraction of sp³-hybridized carbons (Fsp3) is 0.194. The highest BCUT2D eigenvalue weighted by Crippen LogP contribution is 2.34. The highest BCUT2D eigenvalue weighted by Gasteiger charge is 2.19. The number of esters is 1. The maximum absolute atomic E-state index is 13.2. The third-order valence-electron chi connectivity index (χ3n) is 6.25. The first-order valence-electron chi connectivity index (χ1n) is 12.6. The predicted octanol–water partition coefficient (Wildman–Crippen LogP) is 5.95. The van der Waals surface area contributed by atoms with Gasteiger partial charge in [-0.3, -0.25) is 9.59 Å². The van der Waals surface area contributed by atoms with Gasteiger partial charge in [-0.05, 0) is 85.5 Å². The van der Waals surface area contributed by atoms with Gasteiger partial charge in [-0.2, -0.15) is 0 Å². The van der Waals surface area contributed by atoms with Crippen LogP contribution in [0.2, 0.25) is 0 Å². The fourth-order valence-electron chi connectivity index (χ4n) is 4.42. The summed E-state index contributed by atoms with van der Waals surface area (Å²) in [4.78, 5) is 36.8. The molecule has 3 N–H and O–H groups in total. The number of hydrogen-bond donors (Lipinski definition) is 3. The molecule has 0 radical (unpaired) electrons. The van der Waals surface area contributed by atoms with Crippen LogP contribution in [0.25, 0.3) is 10.8 Å². The number of aromatic hydroxyl groups is 1. The van der Waals surface area contributed by atoms with E-state index in [0.29, 0.717) is 28.3 Å². The lowest BCUT2D eigenvalue weighted by Gasteiger charge is -2.18. The lowest BCUT2D eigenvalue weighted by molar-refractivity contribution is -0.152. The Morgan fingerprint density at radius 1 is 0.923 bits per heavy atom. The molecule has 0 aliphatic heterocycles. The molecule has 8 nitrogen and oxygen atoms in total. The molecule has 200 valence electrons. The van der Waals surface area contributed by atoms with Crippen molar-refractivity contribution < 1.29 is 29.0 Å². The van der Waals surface area contributed by atoms with Gasteiger partial charge in [0.2, 0.25) is 0 Å². The van der Waals surface area contributed by atoms with Crippen molar-refractivity contribution in [3.05, 3.63) is 95.1 Å². The monoisotopic (exact) mass is 526 g/mol. The summed E-state index contributed by atoms with van der Waals surface area (Å²) in [6, 6.07) is 21.4. The number of carbonyl (C=O) groups is 3. The second kappa shape index (κ2) is 11.7. The van der Waals surface area contributed by atoms with E-state index in [0.717, 1.165) is 16.3 Å². The van der Waals surface area contributed by atoms with Gasteiger partial charge < -0.3 is 25.2 Å². The molecule has 39 heavy (non-hydrogen) atoms. The molecule has 0 aromatic heterocycles. The molecule has 0 aliphatic carbocycles. The van der Waals surface area contributed by atoms with Crippen LogP contribution in [0.3, 0.4) is 0 Å². The standard InChI is InChI=1S/C31H30N2O6/c1-5-38-31(37)30(36)33-22-15-18(2)28(19(3)16-22)39-23-13-14-27(34)26(17-23)29(35)32-20(4)24-12-8-10-21-9-6-7-11-25(21)24/h6-17,20,34H,5H2,1-4H3,(H,32,35)(H,33,36)/t20-/m1/s1. The molecule has 2 amide bonds. The first-order chi connectivity index (χ1) is 18.7. The highest BCUT2D eigenvalue weighted by molar-refractivity contribution is 6.37. The quantitative estimate of drug-likeness (QED) is 0.203. The van der Waals surface area contributed by atoms with Gasteiger partial charge in [0.25, 0.3) is 5.91 Å². The van der Waals surface area contributed by atoms with E-state index in [9.17, 15) is 19.5 Å². The normalized spacial score (nSPS) is 11.5. The minimum atomic E-state index is -0.960. The van der Waals surface area contributed by atoms with Crippen LogP contribution in [-0.2, 0) is 14.3 Å². The molecule has 4 rings (SSSR count). The topological polar surface area (TPSA) is 114 Å². The van der Waals surface area contributed by atoms with Crippen molar-refractivity contribution in [2.24, 2.45) is 0 Å². The Balaban J connectivity index is 1.52. The number of amides is 2.